The standard InChI is InChI=1S/C14H20F2N2O3/c1-9(13(20)21-14(2,3)4)17-12(19)10-6-5-7-18(10)8-11(15)16/h5-7,9,11H,8H2,1-4H3,(H,17,19)/t9-/m1/s1. The van der Waals surface area contributed by atoms with Gasteiger partial charge in [-0.05, 0) is 39.8 Å². The summed E-state index contributed by atoms with van der Waals surface area (Å²) >= 11 is 0. The van der Waals surface area contributed by atoms with Crippen molar-refractivity contribution in [3.63, 3.8) is 0 Å². The first-order valence-corrected chi connectivity index (χ1v) is 6.57. The molecule has 1 N–H and O–H groups in total. The van der Waals surface area contributed by atoms with Gasteiger partial charge < -0.3 is 14.6 Å². The van der Waals surface area contributed by atoms with Gasteiger partial charge in [0.05, 0.1) is 6.54 Å². The highest BCUT2D eigenvalue weighted by atomic mass is 19.3. The number of amides is 1. The first kappa shape index (κ1) is 17.1. The Kier molecular flexibility index (Phi) is 5.46. The molecule has 0 saturated heterocycles. The number of aromatic nitrogens is 1. The summed E-state index contributed by atoms with van der Waals surface area (Å²) in [5, 5.41) is 2.44. The fourth-order valence-electron chi connectivity index (χ4n) is 1.65. The molecule has 0 saturated carbocycles. The highest BCUT2D eigenvalue weighted by molar-refractivity contribution is 5.95. The number of nitrogens with one attached hydrogen (secondary N) is 1. The Morgan fingerprint density at radius 1 is 1.38 bits per heavy atom. The van der Waals surface area contributed by atoms with Crippen LogP contribution in [0.5, 0.6) is 0 Å². The van der Waals surface area contributed by atoms with Crippen LogP contribution in [0.15, 0.2) is 18.3 Å². The van der Waals surface area contributed by atoms with E-state index in [1.807, 2.05) is 0 Å². The van der Waals surface area contributed by atoms with Gasteiger partial charge in [-0.1, -0.05) is 0 Å². The highest BCUT2D eigenvalue weighted by Crippen LogP contribution is 2.10. The Morgan fingerprint density at radius 3 is 2.52 bits per heavy atom. The van der Waals surface area contributed by atoms with Gasteiger partial charge in [0, 0.05) is 6.20 Å². The number of hydrogen-bond donors (Lipinski definition) is 1. The first-order valence-electron chi connectivity index (χ1n) is 6.57. The van der Waals surface area contributed by atoms with Crippen LogP contribution in [0, 0.1) is 0 Å². The lowest BCUT2D eigenvalue weighted by molar-refractivity contribution is -0.156. The number of ether oxygens (including phenoxy) is 1. The predicted octanol–water partition coefficient (Wildman–Crippen LogP) is 2.21. The van der Waals surface area contributed by atoms with Gasteiger partial charge >= 0.3 is 5.97 Å². The zero-order valence-electron chi connectivity index (χ0n) is 12.5. The number of alkyl halides is 2. The van der Waals surface area contributed by atoms with Gasteiger partial charge in [-0.3, -0.25) is 4.79 Å². The lowest BCUT2D eigenvalue weighted by atomic mass is 10.2. The Bertz CT molecular complexity index is 507. The summed E-state index contributed by atoms with van der Waals surface area (Å²) in [6, 6.07) is 2.04. The maximum Gasteiger partial charge on any atom is 0.328 e. The second kappa shape index (κ2) is 6.69. The molecule has 1 heterocycles. The summed E-state index contributed by atoms with van der Waals surface area (Å²) in [6.45, 7) is 6.05. The van der Waals surface area contributed by atoms with Crippen LogP contribution in [-0.4, -0.2) is 34.5 Å². The van der Waals surface area contributed by atoms with Crippen molar-refractivity contribution in [3.8, 4) is 0 Å². The molecule has 0 fully saturated rings. The summed E-state index contributed by atoms with van der Waals surface area (Å²) in [5.41, 5.74) is -0.586. The number of halogens is 2. The molecule has 1 amide bonds. The van der Waals surface area contributed by atoms with Crippen molar-refractivity contribution in [2.24, 2.45) is 0 Å². The summed E-state index contributed by atoms with van der Waals surface area (Å²) in [5.74, 6) is -1.18. The monoisotopic (exact) mass is 302 g/mol. The summed E-state index contributed by atoms with van der Waals surface area (Å²) < 4.78 is 31.1. The Balaban J connectivity index is 2.69. The molecule has 0 bridgehead atoms. The van der Waals surface area contributed by atoms with E-state index in [2.05, 4.69) is 5.32 Å². The van der Waals surface area contributed by atoms with Crippen LogP contribution < -0.4 is 5.32 Å². The van der Waals surface area contributed by atoms with Gasteiger partial charge in [-0.2, -0.15) is 0 Å². The van der Waals surface area contributed by atoms with Gasteiger partial charge in [0.25, 0.3) is 12.3 Å². The number of nitrogens with zero attached hydrogens (tertiary/aromatic N) is 1. The molecule has 1 atom stereocenters. The van der Waals surface area contributed by atoms with Crippen LogP contribution in [0.25, 0.3) is 0 Å². The average molecular weight is 302 g/mol. The fraction of sp³-hybridized carbons (Fsp3) is 0.571. The van der Waals surface area contributed by atoms with Gasteiger partial charge in [-0.15, -0.1) is 0 Å². The Labute approximate surface area is 122 Å². The minimum atomic E-state index is -2.56. The second-order valence-electron chi connectivity index (χ2n) is 5.67. The normalized spacial score (nSPS) is 13.1. The van der Waals surface area contributed by atoms with Crippen molar-refractivity contribution in [1.82, 2.24) is 9.88 Å². The van der Waals surface area contributed by atoms with Crippen LogP contribution in [-0.2, 0) is 16.1 Å². The van der Waals surface area contributed by atoms with Crippen molar-refractivity contribution in [2.75, 3.05) is 0 Å². The van der Waals surface area contributed by atoms with Crippen molar-refractivity contribution < 1.29 is 23.1 Å². The third-order valence-electron chi connectivity index (χ3n) is 2.50. The van der Waals surface area contributed by atoms with E-state index in [0.717, 1.165) is 4.57 Å². The maximum absolute atomic E-state index is 12.4. The van der Waals surface area contributed by atoms with Gasteiger partial charge in [0.15, 0.2) is 0 Å². The molecule has 0 aliphatic carbocycles. The topological polar surface area (TPSA) is 60.3 Å². The van der Waals surface area contributed by atoms with Gasteiger partial charge in [0.2, 0.25) is 0 Å². The zero-order chi connectivity index (χ0) is 16.2. The molecule has 21 heavy (non-hydrogen) atoms. The smallest absolute Gasteiger partial charge is 0.328 e. The number of carbonyl (C=O) groups is 2. The Morgan fingerprint density at radius 2 is 2.00 bits per heavy atom. The SMILES string of the molecule is C[C@@H](NC(=O)c1cccn1CC(F)F)C(=O)OC(C)(C)C. The summed E-state index contributed by atoms with van der Waals surface area (Å²) in [4.78, 5) is 23.8. The maximum atomic E-state index is 12.4. The summed E-state index contributed by atoms with van der Waals surface area (Å²) in [6.07, 6.45) is -1.17. The van der Waals surface area contributed by atoms with E-state index in [9.17, 15) is 18.4 Å². The third kappa shape index (κ3) is 5.53. The minimum Gasteiger partial charge on any atom is -0.458 e. The highest BCUT2D eigenvalue weighted by Gasteiger charge is 2.24. The second-order valence-corrected chi connectivity index (χ2v) is 5.67. The molecule has 0 spiro atoms. The largest absolute Gasteiger partial charge is 0.458 e. The van der Waals surface area contributed by atoms with Crippen LogP contribution in [0.1, 0.15) is 38.2 Å². The van der Waals surface area contributed by atoms with E-state index in [4.69, 9.17) is 4.74 Å². The number of rotatable bonds is 5. The average Bonchev–Trinajstić information content (AvgIpc) is 2.73. The molecular weight excluding hydrogens is 282 g/mol. The third-order valence-corrected chi connectivity index (χ3v) is 2.50. The number of esters is 1. The van der Waals surface area contributed by atoms with Gasteiger partial charge in [0.1, 0.15) is 17.3 Å². The van der Waals surface area contributed by atoms with Crippen molar-refractivity contribution >= 4 is 11.9 Å². The van der Waals surface area contributed by atoms with Crippen LogP contribution in [0.3, 0.4) is 0 Å². The van der Waals surface area contributed by atoms with Gasteiger partial charge in [-0.25, -0.2) is 13.6 Å². The molecule has 0 radical (unpaired) electrons. The predicted molar refractivity (Wildman–Crippen MR) is 73.2 cm³/mol. The molecule has 1 rings (SSSR count). The van der Waals surface area contributed by atoms with E-state index in [-0.39, 0.29) is 5.69 Å². The molecule has 1 aromatic heterocycles. The molecule has 0 aromatic carbocycles. The molecule has 0 unspecified atom stereocenters. The molecule has 7 heteroatoms. The molecular formula is C14H20F2N2O3. The minimum absolute atomic E-state index is 0.0747. The quantitative estimate of drug-likeness (QED) is 0.848. The van der Waals surface area contributed by atoms with E-state index in [0.29, 0.717) is 0 Å². The van der Waals surface area contributed by atoms with E-state index in [1.54, 1.807) is 20.8 Å². The molecule has 0 aliphatic heterocycles. The van der Waals surface area contributed by atoms with E-state index < -0.39 is 36.5 Å². The molecule has 5 nitrogen and oxygen atoms in total. The zero-order valence-corrected chi connectivity index (χ0v) is 12.5. The Hall–Kier alpha value is -1.92. The molecule has 0 aliphatic rings. The summed E-state index contributed by atoms with van der Waals surface area (Å²) in [7, 11) is 0. The van der Waals surface area contributed by atoms with Crippen molar-refractivity contribution in [1.29, 1.82) is 0 Å². The van der Waals surface area contributed by atoms with Crippen molar-refractivity contribution in [3.05, 3.63) is 24.0 Å². The fourth-order valence-corrected chi connectivity index (χ4v) is 1.65. The van der Waals surface area contributed by atoms with Crippen molar-refractivity contribution in [2.45, 2.75) is 52.3 Å². The van der Waals surface area contributed by atoms with Crippen LogP contribution in [0.4, 0.5) is 8.78 Å². The van der Waals surface area contributed by atoms with Crippen LogP contribution >= 0.6 is 0 Å². The number of carbonyl (C=O) groups excluding carboxylic acids is 2. The number of hydrogen-bond acceptors (Lipinski definition) is 3. The molecule has 1 aromatic rings. The van der Waals surface area contributed by atoms with Crippen LogP contribution in [0.2, 0.25) is 0 Å². The first-order chi connectivity index (χ1) is 9.60. The van der Waals surface area contributed by atoms with E-state index in [1.165, 1.54) is 25.3 Å². The molecule has 118 valence electrons. The lowest BCUT2D eigenvalue weighted by Crippen LogP contribution is -2.42. The van der Waals surface area contributed by atoms with E-state index >= 15 is 0 Å². The lowest BCUT2D eigenvalue weighted by Gasteiger charge is -2.22.